The monoisotopic (exact) mass is 1300 g/mol. The standard InChI is InChI=1S/C40H22N2OS2.C28H15ClN2OS.C12H9BO2S/c1-3-16-34-28(10-1)30-14-6-12-26(39(30)44-34)23-8-5-9-25(20-23)36-38-37(42-22-41-36)32-21-24(18-19-33(32)43-38)27-13-7-15-31-29-11-2-4-17-35(29)45-40(27)31;29-18-11-12-23-22(14-18)26-27(32-23)25(30-15-31-26)17-6-3-5-16(13-17)19-8-4-9-21-20-7-1-2-10-24(20)33-28(19)21;14-13(15)10-6-3-5-9-8-4-1-2-7-11(8)16-12(9)10/h1-22H;1-15H;1-7,14-15H. The van der Waals surface area contributed by atoms with Crippen LogP contribution in [0.2, 0.25) is 5.02 Å². The van der Waals surface area contributed by atoms with Gasteiger partial charge in [0.25, 0.3) is 0 Å². The van der Waals surface area contributed by atoms with Gasteiger partial charge in [0.2, 0.25) is 0 Å². The summed E-state index contributed by atoms with van der Waals surface area (Å²) in [7, 11) is -1.41. The van der Waals surface area contributed by atoms with Crippen molar-refractivity contribution in [1.29, 1.82) is 0 Å². The second-order valence-electron chi connectivity index (χ2n) is 23.1. The Hall–Kier alpha value is -10.4. The molecule has 8 nitrogen and oxygen atoms in total. The van der Waals surface area contributed by atoms with Crippen LogP contribution >= 0.6 is 56.9 Å². The van der Waals surface area contributed by atoms with Crippen LogP contribution in [0.5, 0.6) is 0 Å². The van der Waals surface area contributed by atoms with Gasteiger partial charge in [-0.1, -0.05) is 200 Å². The Labute approximate surface area is 557 Å². The molecule has 0 fully saturated rings. The Balaban J connectivity index is 0.000000115. The molecule has 0 bridgehead atoms. The minimum Gasteiger partial charge on any atom is -0.452 e. The molecule has 12 aromatic carbocycles. The van der Waals surface area contributed by atoms with Crippen LogP contribution in [0.15, 0.2) is 276 Å². The van der Waals surface area contributed by atoms with E-state index in [1.165, 1.54) is 87.3 Å². The lowest BCUT2D eigenvalue weighted by molar-refractivity contribution is 0.426. The quantitative estimate of drug-likeness (QED) is 0.158. The summed E-state index contributed by atoms with van der Waals surface area (Å²) in [6.45, 7) is 0. The number of hydrogen-bond donors (Lipinski definition) is 2. The molecule has 20 rings (SSSR count). The maximum Gasteiger partial charge on any atom is 0.489 e. The van der Waals surface area contributed by atoms with Crippen molar-refractivity contribution in [1.82, 2.24) is 19.9 Å². The molecule has 0 unspecified atom stereocenters. The lowest BCUT2D eigenvalue weighted by atomic mass is 9.80. The van der Waals surface area contributed by atoms with Gasteiger partial charge in [0.15, 0.2) is 11.2 Å². The molecule has 0 aliphatic carbocycles. The second-order valence-corrected chi connectivity index (χ2v) is 27.7. The van der Waals surface area contributed by atoms with Crippen LogP contribution in [-0.2, 0) is 0 Å². The van der Waals surface area contributed by atoms with Crippen molar-refractivity contribution in [3.05, 3.63) is 272 Å². The van der Waals surface area contributed by atoms with Crippen LogP contribution < -0.4 is 5.46 Å². The maximum absolute atomic E-state index is 9.31. The van der Waals surface area contributed by atoms with E-state index in [4.69, 9.17) is 30.4 Å². The largest absolute Gasteiger partial charge is 0.489 e. The van der Waals surface area contributed by atoms with Gasteiger partial charge < -0.3 is 18.9 Å². The first-order chi connectivity index (χ1) is 46.3. The van der Waals surface area contributed by atoms with Crippen LogP contribution in [0, 0.1) is 0 Å². The normalized spacial score (nSPS) is 11.8. The zero-order chi connectivity index (χ0) is 62.5. The number of fused-ring (bicyclic) bond motifs is 18. The third-order valence-electron chi connectivity index (χ3n) is 17.6. The fourth-order valence-electron chi connectivity index (χ4n) is 13.3. The number of nitrogens with zero attached hydrogens (tertiary/aromatic N) is 4. The molecule has 20 aromatic rings. The molecule has 0 atom stereocenters. The van der Waals surface area contributed by atoms with Crippen LogP contribution in [0.25, 0.3) is 181 Å². The van der Waals surface area contributed by atoms with Crippen molar-refractivity contribution in [3.63, 3.8) is 0 Å². The Morgan fingerprint density at radius 2 is 0.670 bits per heavy atom. The van der Waals surface area contributed by atoms with Gasteiger partial charge in [0.1, 0.15) is 46.2 Å². The Morgan fingerprint density at radius 1 is 0.309 bits per heavy atom. The van der Waals surface area contributed by atoms with Crippen molar-refractivity contribution in [2.75, 3.05) is 0 Å². The summed E-state index contributed by atoms with van der Waals surface area (Å²) in [5, 5.41) is 31.2. The average molecular weight is 1300 g/mol. The maximum atomic E-state index is 9.31. The van der Waals surface area contributed by atoms with Crippen molar-refractivity contribution in [2.24, 2.45) is 0 Å². The molecular formula is C80H46BClN4O4S4. The van der Waals surface area contributed by atoms with E-state index in [0.717, 1.165) is 82.3 Å². The third kappa shape index (κ3) is 9.54. The summed E-state index contributed by atoms with van der Waals surface area (Å²) in [5.74, 6) is 0. The van der Waals surface area contributed by atoms with Crippen LogP contribution in [-0.4, -0.2) is 37.1 Å². The summed E-state index contributed by atoms with van der Waals surface area (Å²) < 4.78 is 22.6. The highest BCUT2D eigenvalue weighted by molar-refractivity contribution is 7.28. The molecule has 8 heterocycles. The van der Waals surface area contributed by atoms with Gasteiger partial charge in [-0.25, -0.2) is 19.9 Å². The van der Waals surface area contributed by atoms with Gasteiger partial charge >= 0.3 is 7.12 Å². The Morgan fingerprint density at radius 3 is 1.13 bits per heavy atom. The number of rotatable bonds is 6. The zero-order valence-corrected chi connectivity index (χ0v) is 53.5. The molecule has 0 aliphatic heterocycles. The molecule has 0 aliphatic rings. The van der Waals surface area contributed by atoms with Crippen molar-refractivity contribution in [2.45, 2.75) is 0 Å². The van der Waals surface area contributed by atoms with Crippen LogP contribution in [0.3, 0.4) is 0 Å². The predicted molar refractivity (Wildman–Crippen MR) is 399 cm³/mol. The fraction of sp³-hybridized carbons (Fsp3) is 0. The first-order valence-corrected chi connectivity index (χ1v) is 34.2. The second kappa shape index (κ2) is 23.0. The summed E-state index contributed by atoms with van der Waals surface area (Å²) in [6.07, 6.45) is 3.25. The third-order valence-corrected chi connectivity index (χ3v) is 22.7. The smallest absolute Gasteiger partial charge is 0.452 e. The lowest BCUT2D eigenvalue weighted by Gasteiger charge is -2.07. The highest BCUT2D eigenvalue weighted by Crippen LogP contribution is 2.46. The van der Waals surface area contributed by atoms with Crippen molar-refractivity contribution < 1.29 is 18.9 Å². The summed E-state index contributed by atoms with van der Waals surface area (Å²) in [4.78, 5) is 18.6. The van der Waals surface area contributed by atoms with E-state index in [2.05, 4.69) is 210 Å². The van der Waals surface area contributed by atoms with Gasteiger partial charge in [-0.3, -0.25) is 0 Å². The molecule has 2 N–H and O–H groups in total. The fourth-order valence-corrected chi connectivity index (χ4v) is 18.4. The molecule has 0 amide bonds. The van der Waals surface area contributed by atoms with Gasteiger partial charge in [-0.2, -0.15) is 0 Å². The molecule has 14 heteroatoms. The molecule has 444 valence electrons. The van der Waals surface area contributed by atoms with E-state index in [1.54, 1.807) is 30.1 Å². The number of halogens is 1. The van der Waals surface area contributed by atoms with Gasteiger partial charge in [0, 0.05) is 102 Å². The van der Waals surface area contributed by atoms with E-state index >= 15 is 0 Å². The SMILES string of the molecule is Clc1ccc2oc3c(-c4cccc(-c5cccc6c5sc5ccccc56)c4)ncnc3c2c1.OB(O)c1cccc2c1sc1ccccc12.c1cc(-c2ncnc3c2oc2ccc(-c4cccc5c4sc4ccccc45)cc23)cc(-c2cccc3c2sc2ccccc23)c1. The summed E-state index contributed by atoms with van der Waals surface area (Å²) >= 11 is 13.3. The number of hydrogen-bond acceptors (Lipinski definition) is 12. The minimum absolute atomic E-state index is 0.582. The molecule has 0 radical (unpaired) electrons. The van der Waals surface area contributed by atoms with E-state index in [9.17, 15) is 10.0 Å². The van der Waals surface area contributed by atoms with E-state index in [-0.39, 0.29) is 0 Å². The highest BCUT2D eigenvalue weighted by atomic mass is 35.5. The van der Waals surface area contributed by atoms with Crippen molar-refractivity contribution >= 4 is 194 Å². The van der Waals surface area contributed by atoms with Crippen LogP contribution in [0.1, 0.15) is 0 Å². The lowest BCUT2D eigenvalue weighted by Crippen LogP contribution is -2.29. The molecule has 8 aromatic heterocycles. The van der Waals surface area contributed by atoms with E-state index in [0.29, 0.717) is 21.7 Å². The zero-order valence-electron chi connectivity index (χ0n) is 49.5. The first-order valence-electron chi connectivity index (χ1n) is 30.5. The molecule has 0 saturated carbocycles. The number of thiophene rings is 4. The van der Waals surface area contributed by atoms with E-state index in [1.807, 2.05) is 82.5 Å². The number of benzene rings is 12. The van der Waals surface area contributed by atoms with Crippen molar-refractivity contribution in [3.8, 4) is 55.9 Å². The molecule has 0 saturated heterocycles. The van der Waals surface area contributed by atoms with Gasteiger partial charge in [-0.15, -0.1) is 45.3 Å². The molecular weight excluding hydrogens is 1260 g/mol. The number of furan rings is 2. The Kier molecular flexibility index (Phi) is 13.8. The topological polar surface area (TPSA) is 118 Å². The highest BCUT2D eigenvalue weighted by Gasteiger charge is 2.22. The minimum atomic E-state index is -1.41. The van der Waals surface area contributed by atoms with Crippen LogP contribution in [0.4, 0.5) is 0 Å². The first kappa shape index (κ1) is 56.3. The summed E-state index contributed by atoms with van der Waals surface area (Å²) in [5.41, 5.74) is 15.8. The summed E-state index contributed by atoms with van der Waals surface area (Å²) in [6, 6.07) is 88.4. The Bertz CT molecular complexity index is 6420. The molecule has 94 heavy (non-hydrogen) atoms. The van der Waals surface area contributed by atoms with Gasteiger partial charge in [0.05, 0.1) is 0 Å². The average Bonchev–Trinajstić information content (AvgIpc) is 1.63. The number of aromatic nitrogens is 4. The molecule has 0 spiro atoms. The van der Waals surface area contributed by atoms with E-state index < -0.39 is 7.12 Å². The predicted octanol–water partition coefficient (Wildman–Crippen LogP) is 22.6. The van der Waals surface area contributed by atoms with Gasteiger partial charge in [-0.05, 0) is 111 Å².